The lowest BCUT2D eigenvalue weighted by molar-refractivity contribution is -0.119. The molecule has 0 saturated heterocycles. The molecule has 2 aromatic rings. The van der Waals surface area contributed by atoms with Crippen LogP contribution in [0.25, 0.3) is 0 Å². The van der Waals surface area contributed by atoms with Gasteiger partial charge in [-0.05, 0) is 32.1 Å². The lowest BCUT2D eigenvalue weighted by Crippen LogP contribution is -2.27. The Hall–Kier alpha value is -2.07. The Balaban J connectivity index is 2.36. The highest BCUT2D eigenvalue weighted by Gasteiger charge is 2.27. The van der Waals surface area contributed by atoms with Crippen LogP contribution in [-0.4, -0.2) is 32.8 Å². The number of nitrogens with two attached hydrogens (primary N) is 2. The number of nitrogens with one attached hydrogen (secondary N) is 1. The predicted molar refractivity (Wildman–Crippen MR) is 96.5 cm³/mol. The zero-order chi connectivity index (χ0) is 18.0. The molecular formula is C14H20N6O2S2. The van der Waals surface area contributed by atoms with Crippen molar-refractivity contribution in [2.75, 3.05) is 17.3 Å². The number of carbonyl (C=O) groups excluding carboxylic acids is 2. The molecule has 2 amide bonds. The molecule has 5 N–H and O–H groups in total. The lowest BCUT2D eigenvalue weighted by Gasteiger charge is -2.18. The molecule has 0 aromatic carbocycles. The van der Waals surface area contributed by atoms with Crippen molar-refractivity contribution in [3.8, 4) is 0 Å². The maximum absolute atomic E-state index is 12.8. The topological polar surface area (TPSA) is 129 Å². The molecule has 1 unspecified atom stereocenters. The van der Waals surface area contributed by atoms with Crippen LogP contribution in [0.4, 0.5) is 10.9 Å². The Morgan fingerprint density at radius 1 is 1.38 bits per heavy atom. The molecule has 10 heteroatoms. The third kappa shape index (κ3) is 3.24. The van der Waals surface area contributed by atoms with E-state index in [0.29, 0.717) is 22.1 Å². The van der Waals surface area contributed by atoms with Crippen molar-refractivity contribution in [2.45, 2.75) is 38.4 Å². The van der Waals surface area contributed by atoms with Crippen LogP contribution in [0, 0.1) is 13.8 Å². The van der Waals surface area contributed by atoms with E-state index in [4.69, 9.17) is 11.5 Å². The molecule has 24 heavy (non-hydrogen) atoms. The van der Waals surface area contributed by atoms with E-state index in [2.05, 4.69) is 15.5 Å². The molecule has 0 spiro atoms. The fourth-order valence-electron chi connectivity index (χ4n) is 2.41. The van der Waals surface area contributed by atoms with E-state index in [-0.39, 0.29) is 11.9 Å². The summed E-state index contributed by atoms with van der Waals surface area (Å²) in [7, 11) is 0. The number of amides is 2. The Kier molecular flexibility index (Phi) is 5.50. The average molecular weight is 368 g/mol. The first-order valence-electron chi connectivity index (χ1n) is 7.26. The van der Waals surface area contributed by atoms with E-state index in [1.807, 2.05) is 27.0 Å². The van der Waals surface area contributed by atoms with Crippen molar-refractivity contribution in [3.05, 3.63) is 16.0 Å². The van der Waals surface area contributed by atoms with E-state index in [1.54, 1.807) is 4.57 Å². The van der Waals surface area contributed by atoms with E-state index < -0.39 is 11.9 Å². The molecular weight excluding hydrogens is 348 g/mol. The molecule has 0 fully saturated rings. The Morgan fingerprint density at radius 2 is 2.04 bits per heavy atom. The fraction of sp³-hybridized carbons (Fsp3) is 0.429. The first-order valence-corrected chi connectivity index (χ1v) is 9.30. The van der Waals surface area contributed by atoms with Gasteiger partial charge in [0, 0.05) is 4.88 Å². The quantitative estimate of drug-likeness (QED) is 0.668. The number of primary amides is 1. The van der Waals surface area contributed by atoms with E-state index in [0.717, 1.165) is 10.4 Å². The van der Waals surface area contributed by atoms with Crippen molar-refractivity contribution in [3.63, 3.8) is 0 Å². The van der Waals surface area contributed by atoms with E-state index in [9.17, 15) is 9.59 Å². The fourth-order valence-corrected chi connectivity index (χ4v) is 4.02. The number of rotatable bonds is 6. The highest BCUT2D eigenvalue weighted by atomic mass is 32.2. The summed E-state index contributed by atoms with van der Waals surface area (Å²) < 4.78 is 1.59. The van der Waals surface area contributed by atoms with Crippen LogP contribution in [0.2, 0.25) is 0 Å². The molecule has 0 aliphatic heterocycles. The van der Waals surface area contributed by atoms with Crippen molar-refractivity contribution >= 4 is 45.9 Å². The van der Waals surface area contributed by atoms with Crippen molar-refractivity contribution in [1.29, 1.82) is 0 Å². The SMILES string of the molecule is CCC(C(=O)Nc1sc(C)c(C)c1C(N)=O)n1c(N)nnc1SC. The van der Waals surface area contributed by atoms with Crippen molar-refractivity contribution in [1.82, 2.24) is 14.8 Å². The summed E-state index contributed by atoms with van der Waals surface area (Å²) in [6, 6.07) is -0.578. The molecule has 1 atom stereocenters. The molecule has 8 nitrogen and oxygen atoms in total. The molecule has 2 heterocycles. The minimum Gasteiger partial charge on any atom is -0.368 e. The zero-order valence-corrected chi connectivity index (χ0v) is 15.5. The minimum atomic E-state index is -0.578. The second-order valence-corrected chi connectivity index (χ2v) is 7.18. The summed E-state index contributed by atoms with van der Waals surface area (Å²) in [5, 5.41) is 11.6. The maximum atomic E-state index is 12.8. The van der Waals surface area contributed by atoms with Gasteiger partial charge in [0.05, 0.1) is 5.56 Å². The first-order chi connectivity index (χ1) is 11.3. The van der Waals surface area contributed by atoms with Crippen LogP contribution in [0.15, 0.2) is 5.16 Å². The number of nitrogen functional groups attached to an aromatic ring is 1. The van der Waals surface area contributed by atoms with Crippen LogP contribution < -0.4 is 16.8 Å². The summed E-state index contributed by atoms with van der Waals surface area (Å²) in [4.78, 5) is 25.4. The van der Waals surface area contributed by atoms with Crippen molar-refractivity contribution < 1.29 is 9.59 Å². The Bertz CT molecular complexity index is 783. The second kappa shape index (κ2) is 7.22. The average Bonchev–Trinajstić information content (AvgIpc) is 3.01. The lowest BCUT2D eigenvalue weighted by atomic mass is 10.1. The number of hydrogen-bond donors (Lipinski definition) is 3. The number of thioether (sulfide) groups is 1. The summed E-state index contributed by atoms with van der Waals surface area (Å²) in [5.41, 5.74) is 12.4. The Labute approximate surface area is 148 Å². The van der Waals surface area contributed by atoms with Gasteiger partial charge in [-0.25, -0.2) is 0 Å². The van der Waals surface area contributed by atoms with Crippen LogP contribution in [0.1, 0.15) is 40.2 Å². The van der Waals surface area contributed by atoms with Crippen LogP contribution in [0.3, 0.4) is 0 Å². The summed E-state index contributed by atoms with van der Waals surface area (Å²) in [6.45, 7) is 5.55. The largest absolute Gasteiger partial charge is 0.368 e. The highest BCUT2D eigenvalue weighted by Crippen LogP contribution is 2.33. The van der Waals surface area contributed by atoms with Gasteiger partial charge >= 0.3 is 0 Å². The van der Waals surface area contributed by atoms with Gasteiger partial charge in [-0.3, -0.25) is 14.2 Å². The molecule has 130 valence electrons. The standard InChI is InChI=1S/C14H20N6O2S2/c1-5-8(20-13(16)18-19-14(20)23-4)11(22)17-12-9(10(15)21)6(2)7(3)24-12/h8H,5H2,1-4H3,(H2,15,21)(H2,16,18)(H,17,22). The van der Waals surface area contributed by atoms with Gasteiger partial charge in [-0.2, -0.15) is 0 Å². The number of hydrogen-bond acceptors (Lipinski definition) is 7. The molecule has 2 aromatic heterocycles. The van der Waals surface area contributed by atoms with Gasteiger partial charge < -0.3 is 16.8 Å². The third-order valence-corrected chi connectivity index (χ3v) is 5.51. The molecule has 0 aliphatic carbocycles. The summed E-state index contributed by atoms with van der Waals surface area (Å²) >= 11 is 2.68. The number of aromatic nitrogens is 3. The molecule has 0 aliphatic rings. The van der Waals surface area contributed by atoms with E-state index >= 15 is 0 Å². The minimum absolute atomic E-state index is 0.176. The number of carbonyl (C=O) groups is 2. The molecule has 2 rings (SSSR count). The highest BCUT2D eigenvalue weighted by molar-refractivity contribution is 7.98. The first kappa shape index (κ1) is 18.3. The van der Waals surface area contributed by atoms with Crippen LogP contribution in [0.5, 0.6) is 0 Å². The number of nitrogens with zero attached hydrogens (tertiary/aromatic N) is 3. The molecule has 0 saturated carbocycles. The zero-order valence-electron chi connectivity index (χ0n) is 13.9. The maximum Gasteiger partial charge on any atom is 0.251 e. The van der Waals surface area contributed by atoms with Gasteiger partial charge in [0.2, 0.25) is 11.9 Å². The summed E-state index contributed by atoms with van der Waals surface area (Å²) in [6.07, 6.45) is 2.33. The predicted octanol–water partition coefficient (Wildman–Crippen LogP) is 1.95. The van der Waals surface area contributed by atoms with Crippen molar-refractivity contribution in [2.24, 2.45) is 5.73 Å². The van der Waals surface area contributed by atoms with Gasteiger partial charge in [0.25, 0.3) is 5.91 Å². The number of anilines is 2. The van der Waals surface area contributed by atoms with Gasteiger partial charge in [0.1, 0.15) is 11.0 Å². The third-order valence-electron chi connectivity index (χ3n) is 3.74. The normalized spacial score (nSPS) is 12.2. The van der Waals surface area contributed by atoms with Gasteiger partial charge in [0.15, 0.2) is 5.16 Å². The molecule has 0 radical (unpaired) electrons. The smallest absolute Gasteiger partial charge is 0.251 e. The molecule has 0 bridgehead atoms. The van der Waals surface area contributed by atoms with Gasteiger partial charge in [-0.15, -0.1) is 21.5 Å². The number of aryl methyl sites for hydroxylation is 1. The van der Waals surface area contributed by atoms with Gasteiger partial charge in [-0.1, -0.05) is 18.7 Å². The summed E-state index contributed by atoms with van der Waals surface area (Å²) in [5.74, 6) is -0.674. The second-order valence-electron chi connectivity index (χ2n) is 5.18. The number of thiophene rings is 1. The van der Waals surface area contributed by atoms with Crippen LogP contribution in [-0.2, 0) is 4.79 Å². The van der Waals surface area contributed by atoms with E-state index in [1.165, 1.54) is 23.1 Å². The van der Waals surface area contributed by atoms with Crippen LogP contribution >= 0.6 is 23.1 Å². The Morgan fingerprint density at radius 3 is 2.58 bits per heavy atom. The monoisotopic (exact) mass is 368 g/mol.